The summed E-state index contributed by atoms with van der Waals surface area (Å²) in [5, 5.41) is 3.27. The monoisotopic (exact) mass is 312 g/mol. The fourth-order valence-corrected chi connectivity index (χ4v) is 3.47. The summed E-state index contributed by atoms with van der Waals surface area (Å²) in [6.07, 6.45) is -1.71. The van der Waals surface area contributed by atoms with E-state index in [0.29, 0.717) is 18.7 Å². The average Bonchev–Trinajstić information content (AvgIpc) is 2.77. The van der Waals surface area contributed by atoms with Crippen LogP contribution < -0.4 is 5.32 Å². The highest BCUT2D eigenvalue weighted by atomic mass is 19.4. The van der Waals surface area contributed by atoms with Crippen LogP contribution in [0.4, 0.5) is 13.2 Å². The van der Waals surface area contributed by atoms with Gasteiger partial charge in [0.15, 0.2) is 0 Å². The molecule has 0 bridgehead atoms. The van der Waals surface area contributed by atoms with Gasteiger partial charge >= 0.3 is 6.18 Å². The molecule has 6 heteroatoms. The average molecular weight is 312 g/mol. The molecule has 1 aromatic rings. The van der Waals surface area contributed by atoms with Gasteiger partial charge in [0, 0.05) is 19.6 Å². The van der Waals surface area contributed by atoms with Gasteiger partial charge < -0.3 is 10.2 Å². The summed E-state index contributed by atoms with van der Waals surface area (Å²) in [5.41, 5.74) is -0.463. The van der Waals surface area contributed by atoms with E-state index in [1.165, 1.54) is 6.07 Å². The molecule has 22 heavy (non-hydrogen) atoms. The number of carbonyl (C=O) groups is 1. The van der Waals surface area contributed by atoms with Crippen molar-refractivity contribution in [3.8, 4) is 0 Å². The van der Waals surface area contributed by atoms with Gasteiger partial charge in [-0.25, -0.2) is 0 Å². The number of nitrogens with zero attached hydrogens (tertiary/aromatic N) is 1. The van der Waals surface area contributed by atoms with E-state index in [2.05, 4.69) is 5.32 Å². The number of piperidine rings is 1. The van der Waals surface area contributed by atoms with E-state index in [1.54, 1.807) is 11.0 Å². The largest absolute Gasteiger partial charge is 0.416 e. The third-order valence-corrected chi connectivity index (χ3v) is 4.70. The van der Waals surface area contributed by atoms with Gasteiger partial charge in [-0.05, 0) is 43.5 Å². The van der Waals surface area contributed by atoms with Crippen molar-refractivity contribution in [2.24, 2.45) is 5.41 Å². The molecule has 0 radical (unpaired) electrons. The fraction of sp³-hybridized carbons (Fsp3) is 0.562. The van der Waals surface area contributed by atoms with Crippen LogP contribution in [-0.4, -0.2) is 30.4 Å². The van der Waals surface area contributed by atoms with Gasteiger partial charge in [-0.2, -0.15) is 13.2 Å². The minimum atomic E-state index is -4.35. The zero-order valence-corrected chi connectivity index (χ0v) is 12.2. The van der Waals surface area contributed by atoms with E-state index in [1.807, 2.05) is 0 Å². The second-order valence-corrected chi connectivity index (χ2v) is 6.24. The molecule has 0 aromatic heterocycles. The van der Waals surface area contributed by atoms with Gasteiger partial charge in [-0.15, -0.1) is 0 Å². The molecule has 3 rings (SSSR count). The summed E-state index contributed by atoms with van der Waals surface area (Å²) in [4.78, 5) is 14.3. The molecule has 1 spiro atoms. The van der Waals surface area contributed by atoms with Crippen LogP contribution in [0, 0.1) is 5.41 Å². The van der Waals surface area contributed by atoms with Gasteiger partial charge in [0.05, 0.1) is 11.0 Å². The molecule has 120 valence electrons. The molecule has 2 aliphatic heterocycles. The minimum absolute atomic E-state index is 0.0807. The number of halogens is 3. The number of alkyl halides is 3. The highest BCUT2D eigenvalue weighted by Gasteiger charge is 2.46. The Hall–Kier alpha value is -1.56. The van der Waals surface area contributed by atoms with Crippen LogP contribution in [0.5, 0.6) is 0 Å². The first-order valence-electron chi connectivity index (χ1n) is 7.57. The maximum absolute atomic E-state index is 12.8. The summed E-state index contributed by atoms with van der Waals surface area (Å²) in [6, 6.07) is 5.24. The van der Waals surface area contributed by atoms with Crippen molar-refractivity contribution >= 4 is 5.91 Å². The third-order valence-electron chi connectivity index (χ3n) is 4.70. The van der Waals surface area contributed by atoms with Crippen LogP contribution in [-0.2, 0) is 17.5 Å². The second kappa shape index (κ2) is 5.57. The first-order valence-corrected chi connectivity index (χ1v) is 7.57. The Labute approximate surface area is 127 Å². The number of likely N-dealkylation sites (tertiary alicyclic amines) is 1. The van der Waals surface area contributed by atoms with E-state index < -0.39 is 11.7 Å². The highest BCUT2D eigenvalue weighted by Crippen LogP contribution is 2.38. The molecule has 2 saturated heterocycles. The summed E-state index contributed by atoms with van der Waals surface area (Å²) in [6.45, 7) is 2.49. The zero-order valence-electron chi connectivity index (χ0n) is 12.2. The van der Waals surface area contributed by atoms with Gasteiger partial charge in [0.2, 0.25) is 5.91 Å². The Morgan fingerprint density at radius 2 is 2.09 bits per heavy atom. The van der Waals surface area contributed by atoms with Gasteiger partial charge in [0.1, 0.15) is 0 Å². The van der Waals surface area contributed by atoms with Gasteiger partial charge in [0.25, 0.3) is 0 Å². The Bertz CT molecular complexity index is 565. The molecule has 3 nitrogen and oxygen atoms in total. The van der Waals surface area contributed by atoms with E-state index in [0.717, 1.165) is 37.9 Å². The SMILES string of the molecule is O=C1N(Cc2cccc(C(F)(F)F)c2)CCC12CCCNC2. The lowest BCUT2D eigenvalue weighted by Crippen LogP contribution is -2.45. The molecule has 1 N–H and O–H groups in total. The highest BCUT2D eigenvalue weighted by molar-refractivity contribution is 5.85. The smallest absolute Gasteiger partial charge is 0.338 e. The molecule has 2 fully saturated rings. The van der Waals surface area contributed by atoms with Crippen molar-refractivity contribution in [1.82, 2.24) is 10.2 Å². The molecule has 0 saturated carbocycles. The number of hydrogen-bond donors (Lipinski definition) is 1. The maximum Gasteiger partial charge on any atom is 0.416 e. The van der Waals surface area contributed by atoms with Crippen molar-refractivity contribution in [3.63, 3.8) is 0 Å². The number of amides is 1. The van der Waals surface area contributed by atoms with Crippen LogP contribution in [0.25, 0.3) is 0 Å². The quantitative estimate of drug-likeness (QED) is 0.911. The van der Waals surface area contributed by atoms with Gasteiger partial charge in [-0.3, -0.25) is 4.79 Å². The second-order valence-electron chi connectivity index (χ2n) is 6.24. The summed E-state index contributed by atoms with van der Waals surface area (Å²) in [7, 11) is 0. The first kappa shape index (κ1) is 15.3. The van der Waals surface area contributed by atoms with Crippen molar-refractivity contribution < 1.29 is 18.0 Å². The molecule has 1 aromatic carbocycles. The predicted octanol–water partition coefficient (Wildman–Crippen LogP) is 2.81. The molecular formula is C16H19F3N2O. The first-order chi connectivity index (χ1) is 10.4. The summed E-state index contributed by atoms with van der Waals surface area (Å²) < 4.78 is 38.3. The van der Waals surface area contributed by atoms with Crippen LogP contribution >= 0.6 is 0 Å². The third kappa shape index (κ3) is 2.84. The zero-order chi connectivity index (χ0) is 15.8. The Balaban J connectivity index is 1.73. The predicted molar refractivity (Wildman–Crippen MR) is 76.0 cm³/mol. The van der Waals surface area contributed by atoms with Crippen LogP contribution in [0.15, 0.2) is 24.3 Å². The fourth-order valence-electron chi connectivity index (χ4n) is 3.47. The standard InChI is InChI=1S/C16H19F3N2O/c17-16(18,19)13-4-1-3-12(9-13)10-21-8-6-15(14(21)22)5-2-7-20-11-15/h1,3-4,9,20H,2,5-8,10-11H2. The Morgan fingerprint density at radius 1 is 1.27 bits per heavy atom. The number of rotatable bonds is 2. The summed E-state index contributed by atoms with van der Waals surface area (Å²) in [5.74, 6) is 0.0807. The Morgan fingerprint density at radius 3 is 2.77 bits per heavy atom. The van der Waals surface area contributed by atoms with Crippen molar-refractivity contribution in [3.05, 3.63) is 35.4 Å². The van der Waals surface area contributed by atoms with Crippen molar-refractivity contribution in [2.45, 2.75) is 32.0 Å². The van der Waals surface area contributed by atoms with E-state index >= 15 is 0 Å². The molecule has 0 aliphatic carbocycles. The van der Waals surface area contributed by atoms with E-state index in [-0.39, 0.29) is 17.9 Å². The normalized spacial score (nSPS) is 26.0. The van der Waals surface area contributed by atoms with E-state index in [4.69, 9.17) is 0 Å². The molecule has 1 atom stereocenters. The van der Waals surface area contributed by atoms with E-state index in [9.17, 15) is 18.0 Å². The molecular weight excluding hydrogens is 293 g/mol. The Kier molecular flexibility index (Phi) is 3.89. The molecule has 2 aliphatic rings. The number of nitrogens with one attached hydrogen (secondary N) is 1. The minimum Gasteiger partial charge on any atom is -0.338 e. The van der Waals surface area contributed by atoms with Crippen LogP contribution in [0.1, 0.15) is 30.4 Å². The molecule has 1 unspecified atom stereocenters. The lowest BCUT2D eigenvalue weighted by atomic mass is 9.79. The molecule has 1 amide bonds. The van der Waals surface area contributed by atoms with Crippen LogP contribution in [0.3, 0.4) is 0 Å². The maximum atomic E-state index is 12.8. The number of carbonyl (C=O) groups excluding carboxylic acids is 1. The number of benzene rings is 1. The van der Waals surface area contributed by atoms with Gasteiger partial charge in [-0.1, -0.05) is 12.1 Å². The number of hydrogen-bond acceptors (Lipinski definition) is 2. The lowest BCUT2D eigenvalue weighted by Gasteiger charge is -2.32. The summed E-state index contributed by atoms with van der Waals surface area (Å²) >= 11 is 0. The molecule has 2 heterocycles. The van der Waals surface area contributed by atoms with Crippen molar-refractivity contribution in [1.29, 1.82) is 0 Å². The lowest BCUT2D eigenvalue weighted by molar-refractivity contribution is -0.137. The van der Waals surface area contributed by atoms with Crippen molar-refractivity contribution in [2.75, 3.05) is 19.6 Å². The topological polar surface area (TPSA) is 32.3 Å². The van der Waals surface area contributed by atoms with Crippen LogP contribution in [0.2, 0.25) is 0 Å².